The molecule has 5 aromatic rings. The zero-order valence-corrected chi connectivity index (χ0v) is 34.7. The number of fused-ring (bicyclic) bond motifs is 1. The number of aromatic hydroxyl groups is 1. The van der Waals surface area contributed by atoms with Crippen LogP contribution >= 0.6 is 0 Å². The second-order valence-corrected chi connectivity index (χ2v) is 16.5. The van der Waals surface area contributed by atoms with Gasteiger partial charge in [0.2, 0.25) is 17.4 Å². The Kier molecular flexibility index (Phi) is 14.1. The highest BCUT2D eigenvalue weighted by Crippen LogP contribution is 2.50. The maximum Gasteiger partial charge on any atom is 0.411 e. The van der Waals surface area contributed by atoms with Crippen LogP contribution in [-0.4, -0.2) is 88.8 Å². The predicted octanol–water partition coefficient (Wildman–Crippen LogP) is 7.17. The molecule has 1 saturated carbocycles. The largest absolute Gasteiger partial charge is 0.506 e. The van der Waals surface area contributed by atoms with Crippen molar-refractivity contribution in [3.8, 4) is 16.9 Å². The molecule has 13 heteroatoms. The van der Waals surface area contributed by atoms with E-state index in [0.717, 1.165) is 74.1 Å². The van der Waals surface area contributed by atoms with Gasteiger partial charge in [-0.05, 0) is 104 Å². The zero-order chi connectivity index (χ0) is 42.8. The quantitative estimate of drug-likeness (QED) is 0.0531. The lowest BCUT2D eigenvalue weighted by Gasteiger charge is -2.51. The van der Waals surface area contributed by atoms with E-state index in [1.54, 1.807) is 17.0 Å². The molecule has 1 aliphatic carbocycles. The molecule has 0 bridgehead atoms. The van der Waals surface area contributed by atoms with Crippen LogP contribution < -0.4 is 21.5 Å². The van der Waals surface area contributed by atoms with Gasteiger partial charge in [0, 0.05) is 68.8 Å². The van der Waals surface area contributed by atoms with Gasteiger partial charge in [-0.2, -0.15) is 0 Å². The first-order valence-corrected chi connectivity index (χ1v) is 21.3. The van der Waals surface area contributed by atoms with Crippen LogP contribution in [0.25, 0.3) is 22.0 Å². The van der Waals surface area contributed by atoms with Gasteiger partial charge in [0.1, 0.15) is 11.9 Å². The summed E-state index contributed by atoms with van der Waals surface area (Å²) in [4.78, 5) is 56.8. The highest BCUT2D eigenvalue weighted by atomic mass is 16.6. The molecule has 6 N–H and O–H groups in total. The van der Waals surface area contributed by atoms with E-state index in [2.05, 4.69) is 25.8 Å². The Bertz CT molecular complexity index is 2340. The van der Waals surface area contributed by atoms with Crippen LogP contribution in [-0.2, 0) is 20.9 Å². The fourth-order valence-electron chi connectivity index (χ4n) is 8.55. The number of aliphatic hydroxyl groups is 1. The molecule has 320 valence electrons. The number of carbonyl (C=O) groups excluding carboxylic acids is 3. The number of H-pyrrole nitrogens is 1. The number of aliphatic hydroxyl groups excluding tert-OH is 1. The number of hydrogen-bond donors (Lipinski definition) is 6. The van der Waals surface area contributed by atoms with Crippen molar-refractivity contribution < 1.29 is 29.3 Å². The third-order valence-electron chi connectivity index (χ3n) is 12.1. The van der Waals surface area contributed by atoms with Crippen molar-refractivity contribution in [2.24, 2.45) is 5.41 Å². The summed E-state index contributed by atoms with van der Waals surface area (Å²) in [6.07, 6.45) is 4.70. The summed E-state index contributed by atoms with van der Waals surface area (Å²) in [6, 6.07) is 31.3. The molecule has 13 nitrogen and oxygen atoms in total. The van der Waals surface area contributed by atoms with Crippen molar-refractivity contribution in [2.75, 3.05) is 50.4 Å². The Morgan fingerprint density at radius 1 is 0.885 bits per heavy atom. The molecule has 3 amide bonds. The molecule has 61 heavy (non-hydrogen) atoms. The minimum Gasteiger partial charge on any atom is -0.506 e. The van der Waals surface area contributed by atoms with E-state index in [1.165, 1.54) is 12.1 Å². The molecular weight excluding hydrogens is 773 g/mol. The number of carbonyl (C=O) groups is 3. The van der Waals surface area contributed by atoms with Crippen LogP contribution in [0.4, 0.5) is 16.2 Å². The molecule has 1 spiro atoms. The van der Waals surface area contributed by atoms with Gasteiger partial charge in [0.15, 0.2) is 0 Å². The summed E-state index contributed by atoms with van der Waals surface area (Å²) in [5, 5.41) is 30.6. The summed E-state index contributed by atoms with van der Waals surface area (Å²) in [6.45, 7) is 3.94. The Balaban J connectivity index is 0.727. The number of nitrogens with zero attached hydrogens (tertiary/aromatic N) is 2. The molecule has 1 aliphatic heterocycles. The van der Waals surface area contributed by atoms with E-state index in [-0.39, 0.29) is 41.2 Å². The smallest absolute Gasteiger partial charge is 0.411 e. The molecule has 1 atom stereocenters. The van der Waals surface area contributed by atoms with Gasteiger partial charge in [-0.3, -0.25) is 19.7 Å². The van der Waals surface area contributed by atoms with Crippen LogP contribution in [0.5, 0.6) is 5.75 Å². The molecule has 7 rings (SSSR count). The fourth-order valence-corrected chi connectivity index (χ4v) is 8.55. The molecule has 1 aromatic heterocycles. The van der Waals surface area contributed by atoms with Gasteiger partial charge in [-0.15, -0.1) is 0 Å². The van der Waals surface area contributed by atoms with E-state index < -0.39 is 12.2 Å². The first-order chi connectivity index (χ1) is 29.5. The zero-order valence-electron chi connectivity index (χ0n) is 34.7. The van der Waals surface area contributed by atoms with Crippen molar-refractivity contribution in [1.29, 1.82) is 0 Å². The van der Waals surface area contributed by atoms with Gasteiger partial charge >= 0.3 is 6.09 Å². The van der Waals surface area contributed by atoms with Crippen LogP contribution in [0, 0.1) is 5.41 Å². The Morgan fingerprint density at radius 3 is 2.39 bits per heavy atom. The van der Waals surface area contributed by atoms with Gasteiger partial charge in [-0.1, -0.05) is 66.7 Å². The normalized spacial score (nSPS) is 15.5. The number of piperidine rings is 1. The first-order valence-electron chi connectivity index (χ1n) is 21.3. The average molecular weight is 829 g/mol. The topological polar surface area (TPSA) is 176 Å². The van der Waals surface area contributed by atoms with E-state index in [1.807, 2.05) is 85.9 Å². The number of para-hydroxylation sites is 1. The number of benzene rings is 4. The van der Waals surface area contributed by atoms with E-state index in [9.17, 15) is 29.4 Å². The predicted molar refractivity (Wildman–Crippen MR) is 237 cm³/mol. The van der Waals surface area contributed by atoms with Crippen molar-refractivity contribution in [3.05, 3.63) is 125 Å². The number of unbranched alkanes of at least 4 members (excludes halogenated alkanes) is 1. The highest BCUT2D eigenvalue weighted by molar-refractivity contribution is 5.92. The number of pyridine rings is 1. The Labute approximate surface area is 356 Å². The maximum atomic E-state index is 12.9. The van der Waals surface area contributed by atoms with Crippen molar-refractivity contribution >= 4 is 40.2 Å². The summed E-state index contributed by atoms with van der Waals surface area (Å²) < 4.78 is 5.81. The lowest BCUT2D eigenvalue weighted by molar-refractivity contribution is -0.130. The molecule has 2 fully saturated rings. The van der Waals surface area contributed by atoms with Crippen LogP contribution in [0.15, 0.2) is 108 Å². The first kappa shape index (κ1) is 43.1. The summed E-state index contributed by atoms with van der Waals surface area (Å²) in [7, 11) is 1.83. The van der Waals surface area contributed by atoms with Gasteiger partial charge in [0.25, 0.3) is 0 Å². The SMILES string of the molecule is CN(CCCCC(=O)Nc1ccc(CNC[C@H](O)c2ccc(O)c3[nH]c(=O)ccc23)cc1)C(=O)CCN1CCC2(CC1)CC(OC(=O)Nc1ccccc1-c1ccccc1)C2. The number of phenolic OH excluding ortho intramolecular Hbond substituents is 1. The third kappa shape index (κ3) is 11.4. The molecule has 0 radical (unpaired) electrons. The molecule has 2 heterocycles. The number of aromatic nitrogens is 1. The summed E-state index contributed by atoms with van der Waals surface area (Å²) >= 11 is 0. The van der Waals surface area contributed by atoms with E-state index in [4.69, 9.17) is 4.74 Å². The average Bonchev–Trinajstić information content (AvgIpc) is 3.25. The molecule has 2 aliphatic rings. The third-order valence-corrected chi connectivity index (χ3v) is 12.1. The number of ether oxygens (including phenoxy) is 1. The number of rotatable bonds is 17. The Morgan fingerprint density at radius 2 is 1.62 bits per heavy atom. The van der Waals surface area contributed by atoms with E-state index >= 15 is 0 Å². The van der Waals surface area contributed by atoms with Crippen molar-refractivity contribution in [2.45, 2.75) is 70.1 Å². The van der Waals surface area contributed by atoms with Crippen molar-refractivity contribution in [1.82, 2.24) is 20.1 Å². The summed E-state index contributed by atoms with van der Waals surface area (Å²) in [5.74, 6) is -0.0242. The minimum atomic E-state index is -0.859. The Hall–Kier alpha value is -6.02. The van der Waals surface area contributed by atoms with Gasteiger partial charge in [-0.25, -0.2) is 4.79 Å². The van der Waals surface area contributed by atoms with Crippen LogP contribution in [0.1, 0.15) is 68.6 Å². The maximum absolute atomic E-state index is 12.9. The number of amides is 3. The molecular formula is C48H56N6O7. The minimum absolute atomic E-state index is 0.0545. The fraction of sp³-hybridized carbons (Fsp3) is 0.375. The summed E-state index contributed by atoms with van der Waals surface area (Å²) in [5.41, 5.74) is 5.16. The number of anilines is 2. The van der Waals surface area contributed by atoms with Gasteiger partial charge in [0.05, 0.1) is 17.3 Å². The second-order valence-electron chi connectivity index (χ2n) is 16.5. The standard InChI is InChI=1S/C48H56N6O7/c1-53(25-8-7-13-43(57)50-35-16-14-33(15-17-35)31-49-32-42(56)38-18-20-41(55)46-39(38)19-21-44(58)52-46)45(59)22-26-54-27-23-48(24-28-54)29-36(30-48)61-47(60)51-40-12-6-5-11-37(40)34-9-3-2-4-10-34/h2-6,9-12,14-21,36,42,49,55-56H,7-8,13,22-32H2,1H3,(H,50,57)(H,51,60)(H,52,58)/t42-/m0/s1. The second kappa shape index (κ2) is 20.0. The molecule has 4 aromatic carbocycles. The number of hydrogen-bond acceptors (Lipinski definition) is 9. The van der Waals surface area contributed by atoms with Crippen LogP contribution in [0.3, 0.4) is 0 Å². The highest BCUT2D eigenvalue weighted by Gasteiger charge is 2.47. The lowest BCUT2D eigenvalue weighted by atomic mass is 9.61. The molecule has 0 unspecified atom stereocenters. The van der Waals surface area contributed by atoms with Gasteiger partial charge < -0.3 is 40.4 Å². The number of aromatic amines is 1. The number of phenols is 1. The number of likely N-dealkylation sites (tertiary alicyclic amines) is 1. The monoisotopic (exact) mass is 828 g/mol. The molecule has 1 saturated heterocycles. The van der Waals surface area contributed by atoms with Crippen molar-refractivity contribution in [3.63, 3.8) is 0 Å². The van der Waals surface area contributed by atoms with E-state index in [0.29, 0.717) is 54.5 Å². The van der Waals surface area contributed by atoms with Crippen LogP contribution in [0.2, 0.25) is 0 Å². The number of nitrogens with one attached hydrogen (secondary N) is 4. The lowest BCUT2D eigenvalue weighted by Crippen LogP contribution is -2.51.